The van der Waals surface area contributed by atoms with Crippen LogP contribution in [-0.2, 0) is 11.3 Å². The van der Waals surface area contributed by atoms with Crippen molar-refractivity contribution >= 4 is 28.3 Å². The van der Waals surface area contributed by atoms with Gasteiger partial charge < -0.3 is 40.1 Å². The zero-order valence-corrected chi connectivity index (χ0v) is 22.3. The standard InChI is InChI=1S/C29H33N3O8/c1-31(2)10-11-32-27(37)19-8-5-7-16-12-18(13-20(23(16)19)28(32)38)30-14-17-6-3-4-9-21(17)39-29-26(36)25(35)24(34)22(15-33)40-29/h3-9,12-13,22,24-26,29-30,33-36H,10-11,14-15H2,1-2H3/p+1. The number of ether oxygens (including phenoxy) is 2. The van der Waals surface area contributed by atoms with E-state index in [1.54, 1.807) is 30.3 Å². The van der Waals surface area contributed by atoms with Gasteiger partial charge >= 0.3 is 0 Å². The number of benzene rings is 3. The van der Waals surface area contributed by atoms with E-state index in [1.165, 1.54) is 4.90 Å². The van der Waals surface area contributed by atoms with Crippen molar-refractivity contribution in [1.82, 2.24) is 4.90 Å². The molecule has 5 rings (SSSR count). The van der Waals surface area contributed by atoms with Crippen LogP contribution in [0, 0.1) is 0 Å². The van der Waals surface area contributed by atoms with Gasteiger partial charge in [-0.1, -0.05) is 30.3 Å². The molecule has 2 amide bonds. The molecule has 11 heteroatoms. The monoisotopic (exact) mass is 552 g/mol. The Morgan fingerprint density at radius 3 is 2.45 bits per heavy atom. The maximum atomic E-state index is 13.4. The van der Waals surface area contributed by atoms with Crippen LogP contribution in [0.15, 0.2) is 54.6 Å². The third kappa shape index (κ3) is 5.27. The minimum atomic E-state index is -1.55. The number of amides is 2. The van der Waals surface area contributed by atoms with E-state index in [1.807, 2.05) is 38.4 Å². The van der Waals surface area contributed by atoms with Gasteiger partial charge in [-0.15, -0.1) is 0 Å². The van der Waals surface area contributed by atoms with Gasteiger partial charge in [0, 0.05) is 28.7 Å². The molecule has 0 saturated carbocycles. The number of nitrogens with zero attached hydrogens (tertiary/aromatic N) is 1. The van der Waals surface area contributed by atoms with Gasteiger partial charge in [0.25, 0.3) is 11.8 Å². The number of likely N-dealkylation sites (N-methyl/N-ethyl adjacent to an activating group) is 1. The van der Waals surface area contributed by atoms with Crippen LogP contribution < -0.4 is 15.0 Å². The van der Waals surface area contributed by atoms with E-state index < -0.39 is 37.3 Å². The summed E-state index contributed by atoms with van der Waals surface area (Å²) >= 11 is 0. The largest absolute Gasteiger partial charge is 0.462 e. The lowest BCUT2D eigenvalue weighted by Gasteiger charge is -2.39. The van der Waals surface area contributed by atoms with E-state index in [9.17, 15) is 30.0 Å². The van der Waals surface area contributed by atoms with Crippen LogP contribution in [0.3, 0.4) is 0 Å². The predicted octanol–water partition coefficient (Wildman–Crippen LogP) is -0.629. The highest BCUT2D eigenvalue weighted by molar-refractivity contribution is 6.25. The maximum Gasteiger partial charge on any atom is 0.261 e. The van der Waals surface area contributed by atoms with Crippen molar-refractivity contribution < 1.29 is 44.4 Å². The number of rotatable bonds is 9. The molecule has 2 aliphatic heterocycles. The van der Waals surface area contributed by atoms with Crippen molar-refractivity contribution in [2.24, 2.45) is 0 Å². The molecule has 0 radical (unpaired) electrons. The number of hydrogen-bond donors (Lipinski definition) is 6. The molecule has 6 N–H and O–H groups in total. The Hall–Kier alpha value is -3.58. The Kier molecular flexibility index (Phi) is 8.04. The van der Waals surface area contributed by atoms with Gasteiger partial charge in [0.1, 0.15) is 30.2 Å². The summed E-state index contributed by atoms with van der Waals surface area (Å²) in [5.74, 6) is -0.253. The van der Waals surface area contributed by atoms with Crippen LogP contribution in [0.1, 0.15) is 26.3 Å². The molecule has 0 aliphatic carbocycles. The third-order valence-corrected chi connectivity index (χ3v) is 7.31. The summed E-state index contributed by atoms with van der Waals surface area (Å²) in [7, 11) is 3.93. The number of hydrogen-bond acceptors (Lipinski definition) is 9. The van der Waals surface area contributed by atoms with E-state index in [2.05, 4.69) is 5.32 Å². The molecule has 2 heterocycles. The summed E-state index contributed by atoms with van der Waals surface area (Å²) in [5, 5.41) is 44.7. The van der Waals surface area contributed by atoms with Gasteiger partial charge in [-0.3, -0.25) is 14.5 Å². The quantitative estimate of drug-likeness (QED) is 0.191. The summed E-state index contributed by atoms with van der Waals surface area (Å²) < 4.78 is 11.4. The lowest BCUT2D eigenvalue weighted by atomic mass is 9.93. The van der Waals surface area contributed by atoms with Crippen molar-refractivity contribution in [2.75, 3.05) is 39.1 Å². The van der Waals surface area contributed by atoms with Gasteiger partial charge in [0.2, 0.25) is 6.29 Å². The fourth-order valence-electron chi connectivity index (χ4n) is 5.05. The molecule has 11 nitrogen and oxygen atoms in total. The molecule has 1 fully saturated rings. The Morgan fingerprint density at radius 1 is 0.950 bits per heavy atom. The number of quaternary nitrogens is 1. The van der Waals surface area contributed by atoms with Crippen molar-refractivity contribution in [3.05, 3.63) is 71.3 Å². The Bertz CT molecular complexity index is 1410. The van der Waals surface area contributed by atoms with E-state index >= 15 is 0 Å². The first-order valence-electron chi connectivity index (χ1n) is 13.2. The molecule has 40 heavy (non-hydrogen) atoms. The summed E-state index contributed by atoms with van der Waals surface area (Å²) in [6, 6.07) is 16.1. The lowest BCUT2D eigenvalue weighted by Crippen LogP contribution is -3.06. The maximum absolute atomic E-state index is 13.4. The first-order chi connectivity index (χ1) is 19.2. The second-order valence-corrected chi connectivity index (χ2v) is 10.4. The molecule has 0 aromatic heterocycles. The predicted molar refractivity (Wildman–Crippen MR) is 145 cm³/mol. The minimum Gasteiger partial charge on any atom is -0.462 e. The zero-order chi connectivity index (χ0) is 28.6. The van der Waals surface area contributed by atoms with Crippen LogP contribution in [0.2, 0.25) is 0 Å². The third-order valence-electron chi connectivity index (χ3n) is 7.31. The number of anilines is 1. The van der Waals surface area contributed by atoms with E-state index in [0.29, 0.717) is 46.6 Å². The molecule has 5 atom stereocenters. The fraction of sp³-hybridized carbons (Fsp3) is 0.379. The number of aliphatic hydroxyl groups excluding tert-OH is 4. The number of aliphatic hydroxyl groups is 4. The van der Waals surface area contributed by atoms with E-state index in [0.717, 1.165) is 10.3 Å². The van der Waals surface area contributed by atoms with Crippen molar-refractivity contribution in [3.8, 4) is 5.75 Å². The van der Waals surface area contributed by atoms with Gasteiger partial charge in [0.15, 0.2) is 0 Å². The molecular formula is C29H34N3O8+. The zero-order valence-electron chi connectivity index (χ0n) is 22.3. The first-order valence-corrected chi connectivity index (χ1v) is 13.2. The van der Waals surface area contributed by atoms with Crippen LogP contribution >= 0.6 is 0 Å². The smallest absolute Gasteiger partial charge is 0.261 e. The topological polar surface area (TPSA) is 153 Å². The van der Waals surface area contributed by atoms with E-state index in [-0.39, 0.29) is 18.4 Å². The molecule has 3 aromatic carbocycles. The summed E-state index contributed by atoms with van der Waals surface area (Å²) in [6.07, 6.45) is -6.97. The molecule has 3 aromatic rings. The van der Waals surface area contributed by atoms with Crippen molar-refractivity contribution in [1.29, 1.82) is 0 Å². The lowest BCUT2D eigenvalue weighted by molar-refractivity contribution is -0.857. The Morgan fingerprint density at radius 2 is 1.70 bits per heavy atom. The van der Waals surface area contributed by atoms with E-state index in [4.69, 9.17) is 9.47 Å². The summed E-state index contributed by atoms with van der Waals surface area (Å²) in [4.78, 5) is 29.0. The highest BCUT2D eigenvalue weighted by atomic mass is 16.7. The average molecular weight is 553 g/mol. The Labute approximate surface area is 231 Å². The van der Waals surface area contributed by atoms with Gasteiger partial charge in [-0.05, 0) is 29.7 Å². The van der Waals surface area contributed by atoms with Crippen LogP contribution in [0.25, 0.3) is 10.8 Å². The number of nitrogens with one attached hydrogen (secondary N) is 2. The highest BCUT2D eigenvalue weighted by Gasteiger charge is 2.45. The number of carbonyl (C=O) groups excluding carboxylic acids is 2. The summed E-state index contributed by atoms with van der Waals surface area (Å²) in [6.45, 7) is 0.666. The van der Waals surface area contributed by atoms with Gasteiger partial charge in [0.05, 0.1) is 39.4 Å². The molecule has 5 unspecified atom stereocenters. The molecule has 1 saturated heterocycles. The first kappa shape index (κ1) is 28.0. The molecule has 0 spiro atoms. The molecule has 212 valence electrons. The SMILES string of the molecule is C[NH+](C)CCN1C(=O)c2cccc3cc(NCc4ccccc4OC4OC(CO)C(O)C(O)C4O)cc(c23)C1=O. The van der Waals surface area contributed by atoms with Crippen LogP contribution in [-0.4, -0.2) is 102 Å². The van der Waals surface area contributed by atoms with Crippen LogP contribution in [0.4, 0.5) is 5.69 Å². The molecule has 0 bridgehead atoms. The van der Waals surface area contributed by atoms with Gasteiger partial charge in [-0.2, -0.15) is 0 Å². The molecule has 2 aliphatic rings. The van der Waals surface area contributed by atoms with Gasteiger partial charge in [-0.25, -0.2) is 0 Å². The highest BCUT2D eigenvalue weighted by Crippen LogP contribution is 2.33. The summed E-state index contributed by atoms with van der Waals surface area (Å²) in [5.41, 5.74) is 2.32. The fourth-order valence-corrected chi connectivity index (χ4v) is 5.05. The second-order valence-electron chi connectivity index (χ2n) is 10.4. The number of carbonyl (C=O) groups is 2. The Balaban J connectivity index is 1.38. The normalized spacial score (nSPS) is 24.6. The number of para-hydroxylation sites is 1. The molecular weight excluding hydrogens is 518 g/mol. The van der Waals surface area contributed by atoms with Crippen molar-refractivity contribution in [3.63, 3.8) is 0 Å². The van der Waals surface area contributed by atoms with Crippen LogP contribution in [0.5, 0.6) is 5.75 Å². The second kappa shape index (κ2) is 11.5. The minimum absolute atomic E-state index is 0.277. The van der Waals surface area contributed by atoms with Crippen molar-refractivity contribution in [2.45, 2.75) is 37.3 Å². The average Bonchev–Trinajstić information content (AvgIpc) is 2.95. The number of imide groups is 1.